The number of pyridine rings is 1. The largest absolute Gasteiger partial charge is 0.506 e. The van der Waals surface area contributed by atoms with Crippen LogP contribution in [0.2, 0.25) is 0 Å². The van der Waals surface area contributed by atoms with Gasteiger partial charge in [0.05, 0.1) is 0 Å². The second kappa shape index (κ2) is 4.36. The van der Waals surface area contributed by atoms with Crippen LogP contribution >= 0.6 is 11.8 Å². The summed E-state index contributed by atoms with van der Waals surface area (Å²) in [6, 6.07) is 11.3. The van der Waals surface area contributed by atoms with Crippen LogP contribution in [0.4, 0.5) is 0 Å². The van der Waals surface area contributed by atoms with E-state index < -0.39 is 0 Å². The second-order valence-electron chi connectivity index (χ2n) is 3.07. The average molecular weight is 217 g/mol. The average Bonchev–Trinajstić information content (AvgIpc) is 2.30. The molecule has 0 amide bonds. The number of nitrogens with zero attached hydrogens (tertiary/aromatic N) is 1. The van der Waals surface area contributed by atoms with Gasteiger partial charge < -0.3 is 5.11 Å². The lowest BCUT2D eigenvalue weighted by Gasteiger charge is -2.07. The van der Waals surface area contributed by atoms with Crippen molar-refractivity contribution in [3.63, 3.8) is 0 Å². The smallest absolute Gasteiger partial charge is 0.141 e. The standard InChI is InChI=1S/C12H11NOS/c1-15-11-7-3-2-5-9(11)12-10(14)6-4-8-13-12/h2-8,14H,1H3. The number of hydrogen-bond donors (Lipinski definition) is 1. The van der Waals surface area contributed by atoms with Gasteiger partial charge in [0.2, 0.25) is 0 Å². The lowest BCUT2D eigenvalue weighted by molar-refractivity contribution is 0.475. The number of aromatic nitrogens is 1. The van der Waals surface area contributed by atoms with Crippen LogP contribution < -0.4 is 0 Å². The van der Waals surface area contributed by atoms with Crippen LogP contribution in [0.1, 0.15) is 0 Å². The molecule has 0 bridgehead atoms. The molecule has 0 unspecified atom stereocenters. The van der Waals surface area contributed by atoms with Gasteiger partial charge in [-0.1, -0.05) is 18.2 Å². The third-order valence-corrected chi connectivity index (χ3v) is 2.94. The molecule has 0 aliphatic rings. The number of benzene rings is 1. The molecule has 0 aliphatic heterocycles. The van der Waals surface area contributed by atoms with Gasteiger partial charge in [0.25, 0.3) is 0 Å². The molecule has 0 aliphatic carbocycles. The maximum atomic E-state index is 9.71. The first-order chi connectivity index (χ1) is 7.33. The van der Waals surface area contributed by atoms with Crippen LogP contribution in [0.5, 0.6) is 5.75 Å². The van der Waals surface area contributed by atoms with Gasteiger partial charge in [0.1, 0.15) is 11.4 Å². The van der Waals surface area contributed by atoms with E-state index in [0.29, 0.717) is 5.69 Å². The molecule has 0 atom stereocenters. The lowest BCUT2D eigenvalue weighted by atomic mass is 10.1. The van der Waals surface area contributed by atoms with Crippen molar-refractivity contribution < 1.29 is 5.11 Å². The summed E-state index contributed by atoms with van der Waals surface area (Å²) in [5, 5.41) is 9.71. The van der Waals surface area contributed by atoms with E-state index in [4.69, 9.17) is 0 Å². The summed E-state index contributed by atoms with van der Waals surface area (Å²) in [6.07, 6.45) is 3.70. The quantitative estimate of drug-likeness (QED) is 0.784. The van der Waals surface area contributed by atoms with Crippen molar-refractivity contribution in [1.29, 1.82) is 0 Å². The van der Waals surface area contributed by atoms with E-state index in [1.54, 1.807) is 30.1 Å². The summed E-state index contributed by atoms with van der Waals surface area (Å²) in [6.45, 7) is 0. The number of thioether (sulfide) groups is 1. The van der Waals surface area contributed by atoms with Gasteiger partial charge in [0, 0.05) is 16.7 Å². The van der Waals surface area contributed by atoms with Crippen molar-refractivity contribution in [2.45, 2.75) is 4.90 Å². The van der Waals surface area contributed by atoms with E-state index in [1.165, 1.54) is 0 Å². The second-order valence-corrected chi connectivity index (χ2v) is 3.92. The maximum Gasteiger partial charge on any atom is 0.141 e. The Bertz CT molecular complexity index is 471. The van der Waals surface area contributed by atoms with Crippen molar-refractivity contribution in [2.75, 3.05) is 6.26 Å². The van der Waals surface area contributed by atoms with E-state index in [1.807, 2.05) is 30.5 Å². The molecule has 2 aromatic rings. The minimum atomic E-state index is 0.221. The van der Waals surface area contributed by atoms with E-state index >= 15 is 0 Å². The zero-order chi connectivity index (χ0) is 10.7. The zero-order valence-electron chi connectivity index (χ0n) is 8.34. The molecule has 76 valence electrons. The van der Waals surface area contributed by atoms with Crippen LogP contribution in [-0.4, -0.2) is 16.3 Å². The highest BCUT2D eigenvalue weighted by Gasteiger charge is 2.08. The van der Waals surface area contributed by atoms with Gasteiger partial charge in [0.15, 0.2) is 0 Å². The van der Waals surface area contributed by atoms with Crippen molar-refractivity contribution in [3.8, 4) is 17.0 Å². The maximum absolute atomic E-state index is 9.71. The summed E-state index contributed by atoms with van der Waals surface area (Å²) in [5.41, 5.74) is 1.62. The predicted octanol–water partition coefficient (Wildman–Crippen LogP) is 3.18. The molecule has 1 aromatic heterocycles. The van der Waals surface area contributed by atoms with Crippen LogP contribution in [-0.2, 0) is 0 Å². The van der Waals surface area contributed by atoms with E-state index in [0.717, 1.165) is 10.5 Å². The third kappa shape index (κ3) is 1.97. The summed E-state index contributed by atoms with van der Waals surface area (Å²) in [7, 11) is 0. The summed E-state index contributed by atoms with van der Waals surface area (Å²) in [5.74, 6) is 0.221. The molecule has 1 aromatic carbocycles. The molecule has 3 heteroatoms. The molecule has 0 saturated heterocycles. The Morgan fingerprint density at radius 2 is 1.93 bits per heavy atom. The van der Waals surface area contributed by atoms with E-state index in [-0.39, 0.29) is 5.75 Å². The molecule has 0 radical (unpaired) electrons. The summed E-state index contributed by atoms with van der Waals surface area (Å²) >= 11 is 1.65. The molecular weight excluding hydrogens is 206 g/mol. The molecule has 2 nitrogen and oxygen atoms in total. The number of hydrogen-bond acceptors (Lipinski definition) is 3. The number of aromatic hydroxyl groups is 1. The Kier molecular flexibility index (Phi) is 2.92. The van der Waals surface area contributed by atoms with Crippen molar-refractivity contribution in [3.05, 3.63) is 42.6 Å². The summed E-state index contributed by atoms with van der Waals surface area (Å²) in [4.78, 5) is 5.31. The fraction of sp³-hybridized carbons (Fsp3) is 0.0833. The third-order valence-electron chi connectivity index (χ3n) is 2.15. The first kappa shape index (κ1) is 10.1. The monoisotopic (exact) mass is 217 g/mol. The topological polar surface area (TPSA) is 33.1 Å². The Balaban J connectivity index is 2.59. The molecular formula is C12H11NOS. The lowest BCUT2D eigenvalue weighted by Crippen LogP contribution is -1.85. The molecule has 0 spiro atoms. The van der Waals surface area contributed by atoms with Crippen LogP contribution in [0.15, 0.2) is 47.5 Å². The van der Waals surface area contributed by atoms with Crippen molar-refractivity contribution in [2.24, 2.45) is 0 Å². The molecule has 1 N–H and O–H groups in total. The highest BCUT2D eigenvalue weighted by molar-refractivity contribution is 7.98. The van der Waals surface area contributed by atoms with Gasteiger partial charge >= 0.3 is 0 Å². The Labute approximate surface area is 93.0 Å². The van der Waals surface area contributed by atoms with Gasteiger partial charge in [-0.05, 0) is 24.5 Å². The van der Waals surface area contributed by atoms with Crippen LogP contribution in [0.25, 0.3) is 11.3 Å². The van der Waals surface area contributed by atoms with Gasteiger partial charge in [-0.25, -0.2) is 0 Å². The highest BCUT2D eigenvalue weighted by Crippen LogP contribution is 2.33. The number of rotatable bonds is 2. The van der Waals surface area contributed by atoms with E-state index in [2.05, 4.69) is 4.98 Å². The first-order valence-corrected chi connectivity index (χ1v) is 5.83. The minimum Gasteiger partial charge on any atom is -0.506 e. The Morgan fingerprint density at radius 1 is 1.13 bits per heavy atom. The fourth-order valence-corrected chi connectivity index (χ4v) is 2.04. The molecule has 0 fully saturated rings. The SMILES string of the molecule is CSc1ccccc1-c1ncccc1O. The highest BCUT2D eigenvalue weighted by atomic mass is 32.2. The predicted molar refractivity (Wildman–Crippen MR) is 63.1 cm³/mol. The fourth-order valence-electron chi connectivity index (χ4n) is 1.44. The van der Waals surface area contributed by atoms with Crippen LogP contribution in [0, 0.1) is 0 Å². The molecule has 1 heterocycles. The van der Waals surface area contributed by atoms with Crippen molar-refractivity contribution in [1.82, 2.24) is 4.98 Å². The molecule has 2 rings (SSSR count). The van der Waals surface area contributed by atoms with Gasteiger partial charge in [-0.2, -0.15) is 0 Å². The normalized spacial score (nSPS) is 10.2. The summed E-state index contributed by atoms with van der Waals surface area (Å²) < 4.78 is 0. The first-order valence-electron chi connectivity index (χ1n) is 4.60. The Hall–Kier alpha value is -1.48. The van der Waals surface area contributed by atoms with Gasteiger partial charge in [-0.15, -0.1) is 11.8 Å². The van der Waals surface area contributed by atoms with E-state index in [9.17, 15) is 5.11 Å². The molecule has 0 saturated carbocycles. The van der Waals surface area contributed by atoms with Crippen LogP contribution in [0.3, 0.4) is 0 Å². The minimum absolute atomic E-state index is 0.221. The van der Waals surface area contributed by atoms with Gasteiger partial charge in [-0.3, -0.25) is 4.98 Å². The molecule has 15 heavy (non-hydrogen) atoms. The van der Waals surface area contributed by atoms with Crippen molar-refractivity contribution >= 4 is 11.8 Å². The Morgan fingerprint density at radius 3 is 2.67 bits per heavy atom. The zero-order valence-corrected chi connectivity index (χ0v) is 9.16.